The minimum absolute atomic E-state index is 0.0163. The Kier molecular flexibility index (Phi) is 8.34. The smallest absolute Gasteiger partial charge is 0.267 e. The van der Waals surface area contributed by atoms with E-state index in [2.05, 4.69) is 24.6 Å². The van der Waals surface area contributed by atoms with E-state index in [9.17, 15) is 31.2 Å². The second-order valence-electron chi connectivity index (χ2n) is 11.6. The fourth-order valence-corrected chi connectivity index (χ4v) is 7.19. The number of ketones is 1. The van der Waals surface area contributed by atoms with Gasteiger partial charge in [0.15, 0.2) is 10.7 Å². The van der Waals surface area contributed by atoms with Gasteiger partial charge in [-0.15, -0.1) is 0 Å². The SMILES string of the molecule is COc1ncc(-c2ccc3ncnc(N4CCC5(CC4)CN(C(=O)/C=C/C(C)=O)C5)c3c2)cc1NS(=O)(=O)c1c(F)cc(F)cc1F. The molecule has 2 aromatic carbocycles. The fourth-order valence-electron chi connectivity index (χ4n) is 6.02. The standard InChI is InChI=1S/C32H29F3N6O5S/c1-19(42)3-6-28(43)41-16-32(17-41)7-9-40(10-8-32)30-23-11-20(4-5-26(23)37-18-38-30)21-12-27(31(46-2)36-15-21)39-47(44,45)29-24(34)13-22(33)14-25(29)35/h3-6,11-15,18,39H,7-10,16-17H2,1-2H3/b6-3+. The number of nitrogens with one attached hydrogen (secondary N) is 1. The zero-order valence-electron chi connectivity index (χ0n) is 25.3. The van der Waals surface area contributed by atoms with Crippen LogP contribution in [0.25, 0.3) is 22.0 Å². The summed E-state index contributed by atoms with van der Waals surface area (Å²) in [5.74, 6) is -4.22. The molecule has 0 unspecified atom stereocenters. The number of aromatic nitrogens is 3. The van der Waals surface area contributed by atoms with Crippen LogP contribution in [0.3, 0.4) is 0 Å². The topological polar surface area (TPSA) is 135 Å². The molecule has 2 aromatic heterocycles. The minimum Gasteiger partial charge on any atom is -0.480 e. The maximum atomic E-state index is 14.4. The van der Waals surface area contributed by atoms with Gasteiger partial charge in [-0.25, -0.2) is 36.5 Å². The number of rotatable bonds is 8. The Labute approximate surface area is 268 Å². The van der Waals surface area contributed by atoms with Gasteiger partial charge >= 0.3 is 0 Å². The van der Waals surface area contributed by atoms with E-state index >= 15 is 0 Å². The molecule has 4 heterocycles. The van der Waals surface area contributed by atoms with E-state index in [1.54, 1.807) is 17.0 Å². The molecule has 244 valence electrons. The van der Waals surface area contributed by atoms with Crippen LogP contribution < -0.4 is 14.4 Å². The molecule has 4 aromatic rings. The van der Waals surface area contributed by atoms with Crippen LogP contribution in [0, 0.1) is 22.9 Å². The largest absolute Gasteiger partial charge is 0.480 e. The molecule has 1 amide bonds. The summed E-state index contributed by atoms with van der Waals surface area (Å²) < 4.78 is 75.4. The number of piperidine rings is 1. The third-order valence-electron chi connectivity index (χ3n) is 8.42. The van der Waals surface area contributed by atoms with Crippen molar-refractivity contribution in [2.24, 2.45) is 5.41 Å². The Bertz CT molecular complexity index is 2020. The van der Waals surface area contributed by atoms with E-state index < -0.39 is 32.4 Å². The van der Waals surface area contributed by atoms with Gasteiger partial charge in [0.2, 0.25) is 11.8 Å². The van der Waals surface area contributed by atoms with Crippen LogP contribution in [-0.4, -0.2) is 73.2 Å². The third-order valence-corrected chi connectivity index (χ3v) is 9.83. The Morgan fingerprint density at radius 3 is 2.32 bits per heavy atom. The van der Waals surface area contributed by atoms with Crippen LogP contribution >= 0.6 is 0 Å². The summed E-state index contributed by atoms with van der Waals surface area (Å²) in [6.07, 6.45) is 7.24. The molecule has 2 aliphatic heterocycles. The van der Waals surface area contributed by atoms with Gasteiger partial charge < -0.3 is 14.5 Å². The van der Waals surface area contributed by atoms with E-state index in [1.807, 2.05) is 6.07 Å². The molecule has 1 spiro atoms. The van der Waals surface area contributed by atoms with Gasteiger partial charge in [-0.3, -0.25) is 14.3 Å². The van der Waals surface area contributed by atoms with Crippen LogP contribution in [0.4, 0.5) is 24.7 Å². The molecule has 15 heteroatoms. The summed E-state index contributed by atoms with van der Waals surface area (Å²) in [7, 11) is -3.60. The highest BCUT2D eigenvalue weighted by molar-refractivity contribution is 7.92. The van der Waals surface area contributed by atoms with Crippen LogP contribution in [0.5, 0.6) is 5.88 Å². The molecule has 2 saturated heterocycles. The number of anilines is 2. The zero-order valence-corrected chi connectivity index (χ0v) is 26.2. The predicted octanol–water partition coefficient (Wildman–Crippen LogP) is 4.49. The number of sulfonamides is 1. The van der Waals surface area contributed by atoms with Crippen molar-refractivity contribution < 1.29 is 35.9 Å². The fraction of sp³-hybridized carbons (Fsp3) is 0.281. The van der Waals surface area contributed by atoms with Crippen molar-refractivity contribution >= 4 is 44.1 Å². The van der Waals surface area contributed by atoms with Gasteiger partial charge in [-0.05, 0) is 49.6 Å². The first-order valence-electron chi connectivity index (χ1n) is 14.6. The number of hydrogen-bond donors (Lipinski definition) is 1. The quantitative estimate of drug-likeness (QED) is 0.270. The van der Waals surface area contributed by atoms with E-state index in [1.165, 1.54) is 44.8 Å². The van der Waals surface area contributed by atoms with E-state index in [4.69, 9.17) is 4.74 Å². The molecule has 0 atom stereocenters. The molecular formula is C32H29F3N6O5S. The highest BCUT2D eigenvalue weighted by Gasteiger charge is 2.46. The highest BCUT2D eigenvalue weighted by atomic mass is 32.2. The number of allylic oxidation sites excluding steroid dienone is 1. The number of ether oxygens (including phenoxy) is 1. The summed E-state index contributed by atoms with van der Waals surface area (Å²) in [6, 6.07) is 7.38. The predicted molar refractivity (Wildman–Crippen MR) is 167 cm³/mol. The molecule has 0 bridgehead atoms. The van der Waals surface area contributed by atoms with Gasteiger partial charge in [0, 0.05) is 66.9 Å². The number of fused-ring (bicyclic) bond motifs is 1. The van der Waals surface area contributed by atoms with Crippen LogP contribution in [-0.2, 0) is 19.6 Å². The molecule has 1 N–H and O–H groups in total. The Morgan fingerprint density at radius 1 is 0.957 bits per heavy atom. The van der Waals surface area contributed by atoms with Crippen molar-refractivity contribution in [1.29, 1.82) is 0 Å². The number of amides is 1. The number of carbonyl (C=O) groups is 2. The van der Waals surface area contributed by atoms with Crippen molar-refractivity contribution in [2.45, 2.75) is 24.7 Å². The van der Waals surface area contributed by atoms with E-state index in [-0.39, 0.29) is 40.8 Å². The van der Waals surface area contributed by atoms with Gasteiger partial charge in [-0.1, -0.05) is 6.07 Å². The summed E-state index contributed by atoms with van der Waals surface area (Å²) in [5, 5.41) is 0.745. The van der Waals surface area contributed by atoms with Gasteiger partial charge in [-0.2, -0.15) is 0 Å². The number of halogens is 3. The molecular weight excluding hydrogens is 637 g/mol. The number of likely N-dealkylation sites (tertiary alicyclic amines) is 1. The summed E-state index contributed by atoms with van der Waals surface area (Å²) in [6.45, 7) is 4.07. The van der Waals surface area contributed by atoms with Crippen molar-refractivity contribution in [1.82, 2.24) is 19.9 Å². The average molecular weight is 667 g/mol. The lowest BCUT2D eigenvalue weighted by Crippen LogP contribution is -2.61. The minimum atomic E-state index is -4.85. The first kappa shape index (κ1) is 31.9. The van der Waals surface area contributed by atoms with E-state index in [0.717, 1.165) is 18.2 Å². The second kappa shape index (κ2) is 12.3. The lowest BCUT2D eigenvalue weighted by atomic mass is 9.72. The maximum Gasteiger partial charge on any atom is 0.267 e. The van der Waals surface area contributed by atoms with Crippen molar-refractivity contribution in [3.05, 3.63) is 78.5 Å². The van der Waals surface area contributed by atoms with Crippen molar-refractivity contribution in [2.75, 3.05) is 42.9 Å². The van der Waals surface area contributed by atoms with Crippen molar-refractivity contribution in [3.63, 3.8) is 0 Å². The van der Waals surface area contributed by atoms with E-state index in [0.29, 0.717) is 48.6 Å². The Morgan fingerprint density at radius 2 is 1.66 bits per heavy atom. The molecule has 47 heavy (non-hydrogen) atoms. The van der Waals surface area contributed by atoms with Crippen molar-refractivity contribution in [3.8, 4) is 17.0 Å². The zero-order chi connectivity index (χ0) is 33.5. The first-order chi connectivity index (χ1) is 22.4. The summed E-state index contributed by atoms with van der Waals surface area (Å²) >= 11 is 0. The molecule has 0 saturated carbocycles. The monoisotopic (exact) mass is 666 g/mol. The lowest BCUT2D eigenvalue weighted by molar-refractivity contribution is -0.139. The van der Waals surface area contributed by atoms with Crippen LogP contribution in [0.2, 0.25) is 0 Å². The van der Waals surface area contributed by atoms with Gasteiger partial charge in [0.1, 0.15) is 35.3 Å². The molecule has 2 aliphatic rings. The normalized spacial score (nSPS) is 16.0. The van der Waals surface area contributed by atoms with Gasteiger partial charge in [0.25, 0.3) is 10.0 Å². The number of pyridine rings is 1. The third kappa shape index (κ3) is 6.35. The molecule has 0 aliphatic carbocycles. The molecule has 2 fully saturated rings. The Hall–Kier alpha value is -5.05. The highest BCUT2D eigenvalue weighted by Crippen LogP contribution is 2.42. The number of benzene rings is 2. The number of hydrogen-bond acceptors (Lipinski definition) is 9. The van der Waals surface area contributed by atoms with Crippen LogP contribution in [0.1, 0.15) is 19.8 Å². The summed E-state index contributed by atoms with van der Waals surface area (Å²) in [5.41, 5.74) is 1.59. The number of carbonyl (C=O) groups excluding carboxylic acids is 2. The molecule has 0 radical (unpaired) electrons. The molecule has 11 nitrogen and oxygen atoms in total. The summed E-state index contributed by atoms with van der Waals surface area (Å²) in [4.78, 5) is 39.2. The van der Waals surface area contributed by atoms with Crippen LogP contribution in [0.15, 0.2) is 66.0 Å². The number of nitrogens with zero attached hydrogens (tertiary/aromatic N) is 5. The maximum absolute atomic E-state index is 14.4. The molecule has 6 rings (SSSR count). The lowest BCUT2D eigenvalue weighted by Gasteiger charge is -2.54. The van der Waals surface area contributed by atoms with Gasteiger partial charge in [0.05, 0.1) is 12.6 Å². The first-order valence-corrected chi connectivity index (χ1v) is 16.1. The second-order valence-corrected chi connectivity index (χ2v) is 13.3. The average Bonchev–Trinajstić information content (AvgIpc) is 3.01. The Balaban J connectivity index is 1.24. The number of methoxy groups -OCH3 is 1.